The van der Waals surface area contributed by atoms with E-state index in [4.69, 9.17) is 0 Å². The molecule has 1 aromatic rings. The molecule has 5 nitrogen and oxygen atoms in total. The van der Waals surface area contributed by atoms with Crippen LogP contribution >= 0.6 is 0 Å². The second kappa shape index (κ2) is 8.17. The molecule has 1 saturated heterocycles. The van der Waals surface area contributed by atoms with Gasteiger partial charge in [0.2, 0.25) is 5.56 Å². The van der Waals surface area contributed by atoms with Crippen LogP contribution in [0.4, 0.5) is 0 Å². The first kappa shape index (κ1) is 18.2. The Labute approximate surface area is 150 Å². The lowest BCUT2D eigenvalue weighted by Crippen LogP contribution is -2.46. The van der Waals surface area contributed by atoms with Crippen LogP contribution in [0.5, 0.6) is 0 Å². The Hall–Kier alpha value is -1.62. The Bertz CT molecular complexity index is 635. The minimum atomic E-state index is -0.152. The van der Waals surface area contributed by atoms with E-state index in [-0.39, 0.29) is 11.5 Å². The quantitative estimate of drug-likeness (QED) is 0.862. The van der Waals surface area contributed by atoms with Crippen LogP contribution in [0.1, 0.15) is 73.0 Å². The summed E-state index contributed by atoms with van der Waals surface area (Å²) in [7, 11) is 0. The van der Waals surface area contributed by atoms with E-state index < -0.39 is 0 Å². The van der Waals surface area contributed by atoms with Crippen molar-refractivity contribution in [2.45, 2.75) is 77.3 Å². The standard InChI is InChI=1S/C20H31N3O2/c1-14-13-18(24)22-15(2)19(14)20(25)21-11-10-17-9-5-6-12-23(17)16-7-3-4-8-16/h13,16-17H,3-12H2,1-2H3,(H,21,25)(H,22,24)/t17-/m0/s1. The van der Waals surface area contributed by atoms with Crippen LogP contribution < -0.4 is 10.9 Å². The number of carbonyl (C=O) groups excluding carboxylic acids is 1. The number of carbonyl (C=O) groups is 1. The fourth-order valence-corrected chi connectivity index (χ4v) is 4.69. The first-order valence-electron chi connectivity index (χ1n) is 9.80. The highest BCUT2D eigenvalue weighted by molar-refractivity contribution is 5.96. The summed E-state index contributed by atoms with van der Waals surface area (Å²) < 4.78 is 0. The number of piperidine rings is 1. The lowest BCUT2D eigenvalue weighted by atomic mass is 9.96. The maximum Gasteiger partial charge on any atom is 0.253 e. The zero-order valence-electron chi connectivity index (χ0n) is 15.6. The Kier molecular flexibility index (Phi) is 5.94. The smallest absolute Gasteiger partial charge is 0.253 e. The molecule has 2 fully saturated rings. The second-order valence-corrected chi connectivity index (χ2v) is 7.69. The minimum Gasteiger partial charge on any atom is -0.352 e. The molecule has 0 unspecified atom stereocenters. The number of likely N-dealkylation sites (tertiary alicyclic amines) is 1. The maximum absolute atomic E-state index is 12.5. The summed E-state index contributed by atoms with van der Waals surface area (Å²) in [6, 6.07) is 2.87. The van der Waals surface area contributed by atoms with E-state index in [2.05, 4.69) is 15.2 Å². The van der Waals surface area contributed by atoms with Gasteiger partial charge in [0.15, 0.2) is 0 Å². The molecule has 2 N–H and O–H groups in total. The summed E-state index contributed by atoms with van der Waals surface area (Å²) in [4.78, 5) is 29.4. The number of hydrogen-bond acceptors (Lipinski definition) is 3. The molecule has 2 aliphatic rings. The zero-order valence-corrected chi connectivity index (χ0v) is 15.6. The van der Waals surface area contributed by atoms with Crippen LogP contribution in [0.25, 0.3) is 0 Å². The first-order valence-corrected chi connectivity index (χ1v) is 9.80. The van der Waals surface area contributed by atoms with Crippen molar-refractivity contribution in [1.29, 1.82) is 0 Å². The fraction of sp³-hybridized carbons (Fsp3) is 0.700. The lowest BCUT2D eigenvalue weighted by Gasteiger charge is -2.40. The van der Waals surface area contributed by atoms with E-state index in [1.807, 2.05) is 6.92 Å². The maximum atomic E-state index is 12.5. The molecule has 25 heavy (non-hydrogen) atoms. The van der Waals surface area contributed by atoms with Crippen LogP contribution in [0, 0.1) is 13.8 Å². The predicted octanol–water partition coefficient (Wildman–Crippen LogP) is 2.91. The number of rotatable bonds is 5. The van der Waals surface area contributed by atoms with Gasteiger partial charge in [-0.1, -0.05) is 19.3 Å². The van der Waals surface area contributed by atoms with Crippen molar-refractivity contribution in [2.24, 2.45) is 0 Å². The van der Waals surface area contributed by atoms with Crippen molar-refractivity contribution in [3.05, 3.63) is 33.2 Å². The van der Waals surface area contributed by atoms with Crippen LogP contribution in [0.15, 0.2) is 10.9 Å². The van der Waals surface area contributed by atoms with Gasteiger partial charge in [-0.2, -0.15) is 0 Å². The molecule has 0 bridgehead atoms. The highest BCUT2D eigenvalue weighted by atomic mass is 16.1. The van der Waals surface area contributed by atoms with Gasteiger partial charge in [-0.25, -0.2) is 0 Å². The number of H-pyrrole nitrogens is 1. The summed E-state index contributed by atoms with van der Waals surface area (Å²) in [5.41, 5.74) is 1.84. The summed E-state index contributed by atoms with van der Waals surface area (Å²) in [6.07, 6.45) is 10.3. The molecule has 1 atom stereocenters. The van der Waals surface area contributed by atoms with Gasteiger partial charge in [0, 0.05) is 30.4 Å². The molecule has 2 heterocycles. The van der Waals surface area contributed by atoms with Gasteiger partial charge in [-0.15, -0.1) is 0 Å². The topological polar surface area (TPSA) is 65.2 Å². The van der Waals surface area contributed by atoms with E-state index >= 15 is 0 Å². The molecule has 1 saturated carbocycles. The van der Waals surface area contributed by atoms with Gasteiger partial charge in [-0.3, -0.25) is 14.5 Å². The third-order valence-corrected chi connectivity index (χ3v) is 5.88. The average molecular weight is 345 g/mol. The largest absolute Gasteiger partial charge is 0.352 e. The minimum absolute atomic E-state index is 0.0746. The molecule has 1 aromatic heterocycles. The second-order valence-electron chi connectivity index (χ2n) is 7.69. The van der Waals surface area contributed by atoms with Gasteiger partial charge >= 0.3 is 0 Å². The van der Waals surface area contributed by atoms with Crippen molar-refractivity contribution in [1.82, 2.24) is 15.2 Å². The van der Waals surface area contributed by atoms with Gasteiger partial charge in [0.05, 0.1) is 5.56 Å². The molecule has 0 aromatic carbocycles. The molecule has 1 aliphatic carbocycles. The summed E-state index contributed by atoms with van der Waals surface area (Å²) in [5, 5.41) is 3.07. The highest BCUT2D eigenvalue weighted by Gasteiger charge is 2.30. The molecule has 3 rings (SSSR count). The molecule has 1 aliphatic heterocycles. The average Bonchev–Trinajstić information content (AvgIpc) is 3.08. The van der Waals surface area contributed by atoms with Gasteiger partial charge < -0.3 is 10.3 Å². The van der Waals surface area contributed by atoms with Gasteiger partial charge in [-0.05, 0) is 58.1 Å². The number of amides is 1. The number of pyridine rings is 1. The van der Waals surface area contributed by atoms with Crippen molar-refractivity contribution in [3.8, 4) is 0 Å². The molecular formula is C20H31N3O2. The molecular weight excluding hydrogens is 314 g/mol. The van der Waals surface area contributed by atoms with Crippen LogP contribution in [0.3, 0.4) is 0 Å². The van der Waals surface area contributed by atoms with E-state index in [1.165, 1.54) is 57.6 Å². The van der Waals surface area contributed by atoms with Gasteiger partial charge in [0.1, 0.15) is 0 Å². The Morgan fingerprint density at radius 1 is 1.20 bits per heavy atom. The Balaban J connectivity index is 1.56. The molecule has 5 heteroatoms. The van der Waals surface area contributed by atoms with Crippen LogP contribution in [0.2, 0.25) is 0 Å². The third-order valence-electron chi connectivity index (χ3n) is 5.88. The van der Waals surface area contributed by atoms with Gasteiger partial charge in [0.25, 0.3) is 5.91 Å². The zero-order chi connectivity index (χ0) is 17.8. The number of aryl methyl sites for hydroxylation is 2. The summed E-state index contributed by atoms with van der Waals surface area (Å²) in [6.45, 7) is 5.53. The number of nitrogens with zero attached hydrogens (tertiary/aromatic N) is 1. The number of nitrogens with one attached hydrogen (secondary N) is 2. The van der Waals surface area contributed by atoms with E-state index in [0.29, 0.717) is 23.8 Å². The molecule has 138 valence electrons. The molecule has 0 spiro atoms. The summed E-state index contributed by atoms with van der Waals surface area (Å²) in [5.74, 6) is -0.0746. The number of hydrogen-bond donors (Lipinski definition) is 2. The van der Waals surface area contributed by atoms with Crippen molar-refractivity contribution in [2.75, 3.05) is 13.1 Å². The first-order chi connectivity index (χ1) is 12.1. The Morgan fingerprint density at radius 3 is 2.64 bits per heavy atom. The van der Waals surface area contributed by atoms with Crippen molar-refractivity contribution in [3.63, 3.8) is 0 Å². The van der Waals surface area contributed by atoms with Crippen LogP contribution in [-0.2, 0) is 0 Å². The highest BCUT2D eigenvalue weighted by Crippen LogP contribution is 2.30. The summed E-state index contributed by atoms with van der Waals surface area (Å²) >= 11 is 0. The lowest BCUT2D eigenvalue weighted by molar-refractivity contribution is 0.0859. The molecule has 0 radical (unpaired) electrons. The van der Waals surface area contributed by atoms with E-state index in [1.54, 1.807) is 6.92 Å². The molecule has 1 amide bonds. The number of aromatic nitrogens is 1. The fourth-order valence-electron chi connectivity index (χ4n) is 4.69. The van der Waals surface area contributed by atoms with E-state index in [0.717, 1.165) is 18.0 Å². The number of aromatic amines is 1. The SMILES string of the molecule is Cc1cc(=O)[nH]c(C)c1C(=O)NCC[C@@H]1CCCCN1C1CCCC1. The van der Waals surface area contributed by atoms with Crippen molar-refractivity contribution >= 4 is 5.91 Å². The third kappa shape index (κ3) is 4.32. The van der Waals surface area contributed by atoms with E-state index in [9.17, 15) is 9.59 Å². The Morgan fingerprint density at radius 2 is 1.92 bits per heavy atom. The van der Waals surface area contributed by atoms with Crippen LogP contribution in [-0.4, -0.2) is 41.0 Å². The monoisotopic (exact) mass is 345 g/mol. The predicted molar refractivity (Wildman–Crippen MR) is 100 cm³/mol. The van der Waals surface area contributed by atoms with Crippen molar-refractivity contribution < 1.29 is 4.79 Å². The normalized spacial score (nSPS) is 22.2.